The van der Waals surface area contributed by atoms with Crippen LogP contribution in [0.4, 0.5) is 18.9 Å². The number of ether oxygens (including phenoxy) is 2. The zero-order valence-corrected chi connectivity index (χ0v) is 17.1. The van der Waals surface area contributed by atoms with Gasteiger partial charge in [0.1, 0.15) is 11.5 Å². The molecule has 32 heavy (non-hydrogen) atoms. The summed E-state index contributed by atoms with van der Waals surface area (Å²) >= 11 is 0. The van der Waals surface area contributed by atoms with Crippen LogP contribution in [0, 0.1) is 11.7 Å². The molecule has 0 bridgehead atoms. The number of alkyl halides is 2. The van der Waals surface area contributed by atoms with Gasteiger partial charge in [-0.3, -0.25) is 4.79 Å². The van der Waals surface area contributed by atoms with Crippen LogP contribution in [0.2, 0.25) is 0 Å². The molecule has 0 unspecified atom stereocenters. The maximum Gasteiger partial charge on any atom is 0.332 e. The van der Waals surface area contributed by atoms with Crippen LogP contribution in [0.15, 0.2) is 47.9 Å². The molecule has 0 saturated heterocycles. The fourth-order valence-electron chi connectivity index (χ4n) is 3.17. The van der Waals surface area contributed by atoms with Crippen LogP contribution in [0.5, 0.6) is 5.88 Å². The van der Waals surface area contributed by atoms with Gasteiger partial charge < -0.3 is 20.5 Å². The molecule has 168 valence electrons. The van der Waals surface area contributed by atoms with E-state index >= 15 is 0 Å². The largest absolute Gasteiger partial charge is 0.476 e. The summed E-state index contributed by atoms with van der Waals surface area (Å²) in [5, 5.41) is 2.48. The quantitative estimate of drug-likeness (QED) is 0.702. The van der Waals surface area contributed by atoms with Crippen molar-refractivity contribution in [1.82, 2.24) is 9.97 Å². The first-order valence-corrected chi connectivity index (χ1v) is 9.77. The molecule has 2 heterocycles. The molecule has 1 atom stereocenters. The van der Waals surface area contributed by atoms with E-state index in [1.165, 1.54) is 18.5 Å². The Hall–Kier alpha value is -3.63. The molecule has 2 aliphatic rings. The number of rotatable bonds is 6. The Bertz CT molecular complexity index is 1100. The number of hydrogen-bond donors (Lipinski definition) is 2. The summed E-state index contributed by atoms with van der Waals surface area (Å²) in [7, 11) is 0. The molecule has 1 fully saturated rings. The Morgan fingerprint density at radius 3 is 2.75 bits per heavy atom. The molecular weight excluding hydrogens is 427 g/mol. The zero-order valence-electron chi connectivity index (χ0n) is 17.1. The number of nitrogens with two attached hydrogens (primary N) is 1. The summed E-state index contributed by atoms with van der Waals surface area (Å²) in [6.07, 6.45) is 4.79. The first-order chi connectivity index (χ1) is 15.1. The van der Waals surface area contributed by atoms with Crippen LogP contribution in [-0.2, 0) is 10.3 Å². The normalized spacial score (nSPS) is 22.0. The predicted octanol–water partition coefficient (Wildman–Crippen LogP) is 3.37. The van der Waals surface area contributed by atoms with Crippen molar-refractivity contribution in [3.05, 3.63) is 60.0 Å². The third kappa shape index (κ3) is 3.97. The van der Waals surface area contributed by atoms with Gasteiger partial charge in [0, 0.05) is 11.3 Å². The van der Waals surface area contributed by atoms with Crippen molar-refractivity contribution in [2.45, 2.75) is 31.2 Å². The third-order valence-electron chi connectivity index (χ3n) is 5.30. The lowest BCUT2D eigenvalue weighted by Gasteiger charge is -2.38. The van der Waals surface area contributed by atoms with Crippen LogP contribution in [0.25, 0.3) is 0 Å². The fourth-order valence-corrected chi connectivity index (χ4v) is 3.17. The number of nitrogens with zero attached hydrogens (tertiary/aromatic N) is 3. The number of halogens is 3. The summed E-state index contributed by atoms with van der Waals surface area (Å²) in [6, 6.07) is 2.64. The zero-order chi connectivity index (χ0) is 23.1. The second kappa shape index (κ2) is 7.81. The maximum absolute atomic E-state index is 14.8. The standard InChI is InChI=1S/C21H20F3N5O3/c1-11-21(23,24)20(2,29-19(25)32-11)14-7-13(5-6-15(14)22)28-18(30)16-8-27-17(9-26-16)31-10-12-3-4-12/h5-9,12H,1,3-4,10H2,2H3,(H2,25,29)(H,28,30)/t20-/m1/s1. The van der Waals surface area contributed by atoms with Gasteiger partial charge in [-0.25, -0.2) is 19.4 Å². The van der Waals surface area contributed by atoms with Crippen LogP contribution in [-0.4, -0.2) is 34.4 Å². The lowest BCUT2D eigenvalue weighted by atomic mass is 9.84. The number of carbonyl (C=O) groups is 1. The van der Waals surface area contributed by atoms with Gasteiger partial charge in [0.05, 0.1) is 19.0 Å². The van der Waals surface area contributed by atoms with Crippen molar-refractivity contribution in [3.8, 4) is 5.88 Å². The van der Waals surface area contributed by atoms with E-state index in [2.05, 4.69) is 31.6 Å². The van der Waals surface area contributed by atoms with E-state index in [4.69, 9.17) is 10.5 Å². The predicted molar refractivity (Wildman–Crippen MR) is 109 cm³/mol. The highest BCUT2D eigenvalue weighted by molar-refractivity contribution is 6.02. The molecule has 1 aromatic carbocycles. The van der Waals surface area contributed by atoms with E-state index in [0.29, 0.717) is 18.4 Å². The van der Waals surface area contributed by atoms with Crippen molar-refractivity contribution < 1.29 is 27.4 Å². The van der Waals surface area contributed by atoms with Gasteiger partial charge in [-0.2, -0.15) is 8.78 Å². The molecular formula is C21H20F3N5O3. The fraction of sp³-hybridized carbons (Fsp3) is 0.333. The monoisotopic (exact) mass is 447 g/mol. The lowest BCUT2D eigenvalue weighted by molar-refractivity contribution is -0.0746. The summed E-state index contributed by atoms with van der Waals surface area (Å²) in [5.41, 5.74) is 2.56. The second-order valence-electron chi connectivity index (χ2n) is 7.76. The summed E-state index contributed by atoms with van der Waals surface area (Å²) in [4.78, 5) is 24.2. The van der Waals surface area contributed by atoms with Gasteiger partial charge in [-0.1, -0.05) is 6.58 Å². The average molecular weight is 447 g/mol. The molecule has 4 rings (SSSR count). The van der Waals surface area contributed by atoms with E-state index in [-0.39, 0.29) is 11.4 Å². The van der Waals surface area contributed by atoms with Crippen molar-refractivity contribution in [1.29, 1.82) is 0 Å². The van der Waals surface area contributed by atoms with E-state index in [1.807, 2.05) is 0 Å². The Morgan fingerprint density at radius 1 is 1.34 bits per heavy atom. The van der Waals surface area contributed by atoms with E-state index in [9.17, 15) is 18.0 Å². The van der Waals surface area contributed by atoms with Crippen LogP contribution >= 0.6 is 0 Å². The molecule has 1 amide bonds. The summed E-state index contributed by atoms with van der Waals surface area (Å²) in [5.74, 6) is -5.52. The molecule has 0 spiro atoms. The van der Waals surface area contributed by atoms with Crippen molar-refractivity contribution in [2.75, 3.05) is 11.9 Å². The molecule has 11 heteroatoms. The highest BCUT2D eigenvalue weighted by atomic mass is 19.3. The van der Waals surface area contributed by atoms with Gasteiger partial charge in [0.25, 0.3) is 11.9 Å². The minimum Gasteiger partial charge on any atom is -0.476 e. The summed E-state index contributed by atoms with van der Waals surface area (Å²) < 4.78 is 54.3. The third-order valence-corrected chi connectivity index (χ3v) is 5.30. The number of aliphatic imine (C=N–C) groups is 1. The molecule has 1 aliphatic carbocycles. The smallest absolute Gasteiger partial charge is 0.332 e. The van der Waals surface area contributed by atoms with E-state index < -0.39 is 40.5 Å². The lowest BCUT2D eigenvalue weighted by Crippen LogP contribution is -2.49. The maximum atomic E-state index is 14.8. The Kier molecular flexibility index (Phi) is 5.27. The van der Waals surface area contributed by atoms with E-state index in [1.54, 1.807) is 0 Å². The first-order valence-electron chi connectivity index (χ1n) is 9.77. The number of nitrogens with one attached hydrogen (secondary N) is 1. The first kappa shape index (κ1) is 21.6. The highest BCUT2D eigenvalue weighted by Gasteiger charge is 2.59. The molecule has 1 saturated carbocycles. The Labute approximate surface area is 181 Å². The van der Waals surface area contributed by atoms with Gasteiger partial charge in [-0.15, -0.1) is 0 Å². The van der Waals surface area contributed by atoms with Crippen LogP contribution < -0.4 is 15.8 Å². The SMILES string of the molecule is C=C1OC(N)=N[C@](C)(c2cc(NC(=O)c3cnc(OCC4CC4)cn3)ccc2F)C1(F)F. The van der Waals surface area contributed by atoms with Crippen molar-refractivity contribution in [3.63, 3.8) is 0 Å². The minimum atomic E-state index is -3.76. The number of aromatic nitrogens is 2. The van der Waals surface area contributed by atoms with Crippen molar-refractivity contribution in [2.24, 2.45) is 16.6 Å². The molecule has 1 aliphatic heterocycles. The van der Waals surface area contributed by atoms with Gasteiger partial charge >= 0.3 is 5.92 Å². The Balaban J connectivity index is 1.55. The molecule has 2 aromatic rings. The Morgan fingerprint density at radius 2 is 2.09 bits per heavy atom. The number of hydrogen-bond acceptors (Lipinski definition) is 7. The number of amides is 1. The van der Waals surface area contributed by atoms with Crippen LogP contribution in [0.1, 0.15) is 35.8 Å². The number of anilines is 1. The number of amidine groups is 1. The number of carbonyl (C=O) groups excluding carboxylic acids is 1. The van der Waals surface area contributed by atoms with Crippen molar-refractivity contribution >= 4 is 17.6 Å². The average Bonchev–Trinajstić information content (AvgIpc) is 3.57. The highest BCUT2D eigenvalue weighted by Crippen LogP contribution is 2.48. The minimum absolute atomic E-state index is 0.0344. The molecule has 3 N–H and O–H groups in total. The number of benzene rings is 1. The topological polar surface area (TPSA) is 112 Å². The van der Waals surface area contributed by atoms with Gasteiger partial charge in [-0.05, 0) is 43.9 Å². The molecule has 8 nitrogen and oxygen atoms in total. The molecule has 0 radical (unpaired) electrons. The van der Waals surface area contributed by atoms with Crippen LogP contribution in [0.3, 0.4) is 0 Å². The van der Waals surface area contributed by atoms with E-state index in [0.717, 1.165) is 31.9 Å². The van der Waals surface area contributed by atoms with Gasteiger partial charge in [0.2, 0.25) is 5.88 Å². The molecule has 1 aromatic heterocycles. The van der Waals surface area contributed by atoms with Gasteiger partial charge in [0.15, 0.2) is 11.3 Å². The second-order valence-corrected chi connectivity index (χ2v) is 7.76. The summed E-state index contributed by atoms with van der Waals surface area (Å²) in [6.45, 7) is 4.71.